The van der Waals surface area contributed by atoms with Gasteiger partial charge in [-0.05, 0) is 60.5 Å². The van der Waals surface area contributed by atoms with Crippen LogP contribution in [0, 0.1) is 6.92 Å². The van der Waals surface area contributed by atoms with Crippen LogP contribution >= 0.6 is 11.6 Å². The van der Waals surface area contributed by atoms with Gasteiger partial charge in [0.2, 0.25) is 5.91 Å². The van der Waals surface area contributed by atoms with E-state index in [0.717, 1.165) is 10.5 Å². The topological polar surface area (TPSA) is 78.5 Å². The van der Waals surface area contributed by atoms with E-state index in [0.29, 0.717) is 27.6 Å². The van der Waals surface area contributed by atoms with E-state index in [1.165, 1.54) is 6.92 Å². The molecule has 3 aromatic rings. The molecule has 1 heterocycles. The molecule has 0 atom stereocenters. The fraction of sp³-hybridized carbons (Fsp3) is 0.0800. The molecular formula is C25H20ClN3O3. The van der Waals surface area contributed by atoms with Crippen molar-refractivity contribution in [3.8, 4) is 0 Å². The standard InChI is InChI=1S/C25H20ClN3O3/c1-15-14-18(26)10-13-21(15)28-23-22(17-8-11-19(12-9-17)27-16(2)30)24(31)29(25(23)32)20-6-4-3-5-7-20/h3-14,28H,1-2H3,(H,27,30). The number of hydrogen-bond donors (Lipinski definition) is 2. The average Bonchev–Trinajstić information content (AvgIpc) is 3.00. The van der Waals surface area contributed by atoms with Crippen LogP contribution in [0.4, 0.5) is 17.1 Å². The smallest absolute Gasteiger partial charge is 0.282 e. The van der Waals surface area contributed by atoms with Crippen LogP contribution in [0.1, 0.15) is 18.1 Å². The van der Waals surface area contributed by atoms with E-state index in [1.54, 1.807) is 66.7 Å². The Morgan fingerprint density at radius 1 is 0.906 bits per heavy atom. The van der Waals surface area contributed by atoms with Crippen LogP contribution in [-0.2, 0) is 14.4 Å². The zero-order valence-corrected chi connectivity index (χ0v) is 18.2. The third-order valence-corrected chi connectivity index (χ3v) is 5.28. The highest BCUT2D eigenvalue weighted by molar-refractivity contribution is 6.46. The highest BCUT2D eigenvalue weighted by Crippen LogP contribution is 2.35. The molecule has 0 unspecified atom stereocenters. The van der Waals surface area contributed by atoms with Crippen LogP contribution in [0.15, 0.2) is 78.5 Å². The number of rotatable bonds is 5. The van der Waals surface area contributed by atoms with Crippen molar-refractivity contribution in [1.29, 1.82) is 0 Å². The Balaban J connectivity index is 1.80. The van der Waals surface area contributed by atoms with E-state index in [1.807, 2.05) is 13.0 Å². The van der Waals surface area contributed by atoms with Crippen LogP contribution in [0.5, 0.6) is 0 Å². The van der Waals surface area contributed by atoms with Gasteiger partial charge in [0.1, 0.15) is 5.70 Å². The lowest BCUT2D eigenvalue weighted by atomic mass is 10.0. The summed E-state index contributed by atoms with van der Waals surface area (Å²) in [7, 11) is 0. The summed E-state index contributed by atoms with van der Waals surface area (Å²) >= 11 is 6.06. The minimum absolute atomic E-state index is 0.177. The maximum atomic E-state index is 13.4. The number of nitrogens with one attached hydrogen (secondary N) is 2. The van der Waals surface area contributed by atoms with Gasteiger partial charge in [0.15, 0.2) is 0 Å². The molecule has 0 spiro atoms. The molecule has 0 aromatic heterocycles. The van der Waals surface area contributed by atoms with E-state index in [-0.39, 0.29) is 17.2 Å². The first kappa shape index (κ1) is 21.3. The average molecular weight is 446 g/mol. The molecule has 3 aromatic carbocycles. The van der Waals surface area contributed by atoms with Gasteiger partial charge in [0.05, 0.1) is 11.3 Å². The number of hydrogen-bond acceptors (Lipinski definition) is 4. The van der Waals surface area contributed by atoms with Gasteiger partial charge in [-0.15, -0.1) is 0 Å². The molecule has 7 heteroatoms. The number of halogens is 1. The summed E-state index contributed by atoms with van der Waals surface area (Å²) in [5.74, 6) is -1.07. The van der Waals surface area contributed by atoms with E-state index >= 15 is 0 Å². The second-order valence-electron chi connectivity index (χ2n) is 7.37. The minimum atomic E-state index is -0.448. The van der Waals surface area contributed by atoms with E-state index < -0.39 is 11.8 Å². The fourth-order valence-electron chi connectivity index (χ4n) is 3.55. The SMILES string of the molecule is CC(=O)Nc1ccc(C2=C(Nc3ccc(Cl)cc3C)C(=O)N(c3ccccc3)C2=O)cc1. The van der Waals surface area contributed by atoms with Gasteiger partial charge < -0.3 is 10.6 Å². The van der Waals surface area contributed by atoms with Gasteiger partial charge >= 0.3 is 0 Å². The van der Waals surface area contributed by atoms with Crippen molar-refractivity contribution < 1.29 is 14.4 Å². The van der Waals surface area contributed by atoms with Crippen molar-refractivity contribution in [2.75, 3.05) is 15.5 Å². The van der Waals surface area contributed by atoms with Crippen molar-refractivity contribution in [1.82, 2.24) is 0 Å². The summed E-state index contributed by atoms with van der Waals surface area (Å²) in [6.45, 7) is 3.29. The van der Waals surface area contributed by atoms with E-state index in [2.05, 4.69) is 10.6 Å². The van der Waals surface area contributed by atoms with E-state index in [4.69, 9.17) is 11.6 Å². The van der Waals surface area contributed by atoms with Gasteiger partial charge in [0.25, 0.3) is 11.8 Å². The van der Waals surface area contributed by atoms with Crippen LogP contribution in [-0.4, -0.2) is 17.7 Å². The first-order valence-corrected chi connectivity index (χ1v) is 10.3. The Morgan fingerprint density at radius 3 is 2.22 bits per heavy atom. The minimum Gasteiger partial charge on any atom is -0.350 e. The van der Waals surface area contributed by atoms with Crippen molar-refractivity contribution in [2.45, 2.75) is 13.8 Å². The molecule has 1 aliphatic rings. The molecule has 0 bridgehead atoms. The first-order chi connectivity index (χ1) is 15.3. The summed E-state index contributed by atoms with van der Waals surface area (Å²) in [4.78, 5) is 39.3. The third-order valence-electron chi connectivity index (χ3n) is 5.04. The summed E-state index contributed by atoms with van der Waals surface area (Å²) in [6, 6.07) is 20.8. The molecule has 2 N–H and O–H groups in total. The molecule has 1 aliphatic heterocycles. The second-order valence-corrected chi connectivity index (χ2v) is 7.81. The molecule has 4 rings (SSSR count). The number of carbonyl (C=O) groups excluding carboxylic acids is 3. The fourth-order valence-corrected chi connectivity index (χ4v) is 3.78. The van der Waals surface area contributed by atoms with Crippen LogP contribution in [0.25, 0.3) is 5.57 Å². The lowest BCUT2D eigenvalue weighted by Crippen LogP contribution is -2.32. The first-order valence-electron chi connectivity index (χ1n) is 9.94. The van der Waals surface area contributed by atoms with E-state index in [9.17, 15) is 14.4 Å². The molecule has 0 saturated carbocycles. The molecule has 6 nitrogen and oxygen atoms in total. The predicted molar refractivity (Wildman–Crippen MR) is 126 cm³/mol. The molecule has 0 saturated heterocycles. The van der Waals surface area contributed by atoms with Crippen molar-refractivity contribution in [3.63, 3.8) is 0 Å². The monoisotopic (exact) mass is 445 g/mol. The summed E-state index contributed by atoms with van der Waals surface area (Å²) in [5, 5.41) is 6.43. The van der Waals surface area contributed by atoms with Crippen LogP contribution in [0.3, 0.4) is 0 Å². The number of amides is 3. The molecule has 0 aliphatic carbocycles. The normalized spacial score (nSPS) is 13.5. The molecule has 160 valence electrons. The van der Waals surface area contributed by atoms with Gasteiger partial charge in [-0.2, -0.15) is 0 Å². The Bertz CT molecular complexity index is 1250. The number of para-hydroxylation sites is 1. The van der Waals surface area contributed by atoms with Gasteiger partial charge in [-0.25, -0.2) is 4.90 Å². The Hall–Kier alpha value is -3.90. The Labute approximate surface area is 190 Å². The number of anilines is 3. The highest BCUT2D eigenvalue weighted by Gasteiger charge is 2.40. The van der Waals surface area contributed by atoms with Gasteiger partial charge in [0, 0.05) is 23.3 Å². The van der Waals surface area contributed by atoms with Gasteiger partial charge in [-0.3, -0.25) is 14.4 Å². The van der Waals surface area contributed by atoms with Gasteiger partial charge in [-0.1, -0.05) is 41.9 Å². The molecule has 0 radical (unpaired) electrons. The quantitative estimate of drug-likeness (QED) is 0.541. The maximum Gasteiger partial charge on any atom is 0.282 e. The Morgan fingerprint density at radius 2 is 1.59 bits per heavy atom. The molecular weight excluding hydrogens is 426 g/mol. The van der Waals surface area contributed by atoms with Crippen molar-refractivity contribution >= 4 is 52.0 Å². The maximum absolute atomic E-state index is 13.4. The van der Waals surface area contributed by atoms with Crippen LogP contribution in [0.2, 0.25) is 5.02 Å². The largest absolute Gasteiger partial charge is 0.350 e. The lowest BCUT2D eigenvalue weighted by molar-refractivity contribution is -0.120. The van der Waals surface area contributed by atoms with Crippen molar-refractivity contribution in [3.05, 3.63) is 94.6 Å². The predicted octanol–water partition coefficient (Wildman–Crippen LogP) is 5.00. The second kappa shape index (κ2) is 8.69. The zero-order valence-electron chi connectivity index (χ0n) is 17.5. The lowest BCUT2D eigenvalue weighted by Gasteiger charge is -2.15. The highest BCUT2D eigenvalue weighted by atomic mass is 35.5. The number of nitrogens with zero attached hydrogens (tertiary/aromatic N) is 1. The molecule has 3 amide bonds. The summed E-state index contributed by atoms with van der Waals surface area (Å²) < 4.78 is 0. The van der Waals surface area contributed by atoms with Crippen LogP contribution < -0.4 is 15.5 Å². The molecule has 0 fully saturated rings. The third kappa shape index (κ3) is 4.13. The van der Waals surface area contributed by atoms with Crippen molar-refractivity contribution in [2.24, 2.45) is 0 Å². The Kier molecular flexibility index (Phi) is 5.79. The summed E-state index contributed by atoms with van der Waals surface area (Å²) in [5.41, 5.74) is 3.59. The summed E-state index contributed by atoms with van der Waals surface area (Å²) in [6.07, 6.45) is 0. The number of imide groups is 1. The number of aryl methyl sites for hydroxylation is 1. The zero-order chi connectivity index (χ0) is 22.8. The molecule has 32 heavy (non-hydrogen) atoms. The number of benzene rings is 3. The number of carbonyl (C=O) groups is 3.